The van der Waals surface area contributed by atoms with Crippen LogP contribution in [0, 0.1) is 6.92 Å². The summed E-state index contributed by atoms with van der Waals surface area (Å²) in [5.41, 5.74) is 8.95. The maximum Gasteiger partial charge on any atom is 0.124 e. The van der Waals surface area contributed by atoms with E-state index in [1.165, 1.54) is 0 Å². The van der Waals surface area contributed by atoms with Gasteiger partial charge in [0.2, 0.25) is 0 Å². The highest BCUT2D eigenvalue weighted by atomic mass is 35.5. The van der Waals surface area contributed by atoms with Crippen LogP contribution in [0.2, 0.25) is 0 Å². The summed E-state index contributed by atoms with van der Waals surface area (Å²) >= 11 is 0. The van der Waals surface area contributed by atoms with Crippen LogP contribution in [0.5, 0.6) is 0 Å². The summed E-state index contributed by atoms with van der Waals surface area (Å²) < 4.78 is 1.71. The first-order valence-electron chi connectivity index (χ1n) is 4.54. The minimum atomic E-state index is 0. The molecule has 80 valence electrons. The predicted octanol–water partition coefficient (Wildman–Crippen LogP) is 2.40. The maximum absolute atomic E-state index is 5.84. The van der Waals surface area contributed by atoms with Crippen LogP contribution in [0.3, 0.4) is 0 Å². The second-order valence-electron chi connectivity index (χ2n) is 3.35. The average molecular weight is 224 g/mol. The number of anilines is 1. The van der Waals surface area contributed by atoms with E-state index >= 15 is 0 Å². The van der Waals surface area contributed by atoms with Gasteiger partial charge < -0.3 is 5.73 Å². The summed E-state index contributed by atoms with van der Waals surface area (Å²) in [6.07, 6.45) is 0. The number of aromatic nitrogens is 2. The molecule has 1 aromatic carbocycles. The van der Waals surface area contributed by atoms with E-state index in [1.807, 2.05) is 44.3 Å². The normalized spacial score (nSPS) is 9.73. The fraction of sp³-hybridized carbons (Fsp3) is 0.182. The fourth-order valence-corrected chi connectivity index (χ4v) is 1.51. The van der Waals surface area contributed by atoms with Gasteiger partial charge in [-0.15, -0.1) is 12.4 Å². The van der Waals surface area contributed by atoms with Crippen LogP contribution in [0.15, 0.2) is 30.3 Å². The van der Waals surface area contributed by atoms with E-state index in [0.29, 0.717) is 0 Å². The van der Waals surface area contributed by atoms with E-state index in [2.05, 4.69) is 5.10 Å². The first-order valence-corrected chi connectivity index (χ1v) is 4.54. The van der Waals surface area contributed by atoms with Crippen molar-refractivity contribution < 1.29 is 0 Å². The zero-order chi connectivity index (χ0) is 10.1. The van der Waals surface area contributed by atoms with Gasteiger partial charge in [-0.2, -0.15) is 5.10 Å². The third-order valence-corrected chi connectivity index (χ3v) is 2.39. The topological polar surface area (TPSA) is 43.8 Å². The van der Waals surface area contributed by atoms with Crippen molar-refractivity contribution >= 4 is 18.2 Å². The van der Waals surface area contributed by atoms with Crippen molar-refractivity contribution in [3.05, 3.63) is 35.9 Å². The number of benzene rings is 1. The number of rotatable bonds is 1. The van der Waals surface area contributed by atoms with Gasteiger partial charge in [-0.25, -0.2) is 0 Å². The van der Waals surface area contributed by atoms with Crippen LogP contribution in [0.1, 0.15) is 5.56 Å². The van der Waals surface area contributed by atoms with Gasteiger partial charge in [0.1, 0.15) is 5.82 Å². The van der Waals surface area contributed by atoms with Crippen molar-refractivity contribution in [3.63, 3.8) is 0 Å². The van der Waals surface area contributed by atoms with E-state index in [4.69, 9.17) is 5.73 Å². The van der Waals surface area contributed by atoms with Gasteiger partial charge in [0, 0.05) is 18.2 Å². The molecule has 0 bridgehead atoms. The SMILES string of the molecule is Cc1c(-c2ccccc2)nn(C)c1N.Cl. The van der Waals surface area contributed by atoms with Crippen LogP contribution >= 0.6 is 12.4 Å². The monoisotopic (exact) mass is 223 g/mol. The number of nitrogen functional groups attached to an aromatic ring is 1. The Morgan fingerprint density at radius 2 is 1.80 bits per heavy atom. The van der Waals surface area contributed by atoms with Crippen LogP contribution in [-0.2, 0) is 7.05 Å². The standard InChI is InChI=1S/C11H13N3.ClH/c1-8-10(13-14(2)11(8)12)9-6-4-3-5-7-9;/h3-7H,12H2,1-2H3;1H. The molecule has 0 spiro atoms. The number of hydrogen-bond donors (Lipinski definition) is 1. The van der Waals surface area contributed by atoms with Gasteiger partial charge >= 0.3 is 0 Å². The number of nitrogens with two attached hydrogens (primary N) is 1. The molecule has 0 saturated heterocycles. The molecule has 0 atom stereocenters. The van der Waals surface area contributed by atoms with E-state index in [-0.39, 0.29) is 12.4 Å². The van der Waals surface area contributed by atoms with Crippen molar-refractivity contribution in [3.8, 4) is 11.3 Å². The summed E-state index contributed by atoms with van der Waals surface area (Å²) in [6.45, 7) is 1.99. The van der Waals surface area contributed by atoms with Crippen molar-refractivity contribution in [1.29, 1.82) is 0 Å². The van der Waals surface area contributed by atoms with E-state index in [1.54, 1.807) is 4.68 Å². The number of aryl methyl sites for hydroxylation is 1. The summed E-state index contributed by atoms with van der Waals surface area (Å²) in [6, 6.07) is 10.1. The second-order valence-corrected chi connectivity index (χ2v) is 3.35. The van der Waals surface area contributed by atoms with Crippen LogP contribution in [0.4, 0.5) is 5.82 Å². The Morgan fingerprint density at radius 1 is 1.20 bits per heavy atom. The molecule has 4 heteroatoms. The average Bonchev–Trinajstić information content (AvgIpc) is 2.47. The van der Waals surface area contributed by atoms with Crippen LogP contribution in [-0.4, -0.2) is 9.78 Å². The minimum Gasteiger partial charge on any atom is -0.384 e. The van der Waals surface area contributed by atoms with E-state index < -0.39 is 0 Å². The number of nitrogens with zero attached hydrogens (tertiary/aromatic N) is 2. The van der Waals surface area contributed by atoms with Gasteiger partial charge in [0.15, 0.2) is 0 Å². The lowest BCUT2D eigenvalue weighted by molar-refractivity contribution is 0.782. The molecule has 0 fully saturated rings. The molecule has 0 aliphatic heterocycles. The lowest BCUT2D eigenvalue weighted by atomic mass is 10.1. The molecule has 2 rings (SSSR count). The molecule has 0 aliphatic rings. The van der Waals surface area contributed by atoms with Crippen molar-refractivity contribution in [2.24, 2.45) is 7.05 Å². The molecule has 0 unspecified atom stereocenters. The molecule has 0 aliphatic carbocycles. The Labute approximate surface area is 95.3 Å². The third-order valence-electron chi connectivity index (χ3n) is 2.39. The van der Waals surface area contributed by atoms with Crippen LogP contribution in [0.25, 0.3) is 11.3 Å². The van der Waals surface area contributed by atoms with Crippen LogP contribution < -0.4 is 5.73 Å². The Bertz CT molecular complexity index is 448. The van der Waals surface area contributed by atoms with Crippen molar-refractivity contribution in [2.45, 2.75) is 6.92 Å². The Kier molecular flexibility index (Phi) is 3.37. The first kappa shape index (κ1) is 11.6. The molecule has 2 aromatic rings. The Morgan fingerprint density at radius 3 is 2.27 bits per heavy atom. The highest BCUT2D eigenvalue weighted by Gasteiger charge is 2.10. The molecule has 3 nitrogen and oxygen atoms in total. The first-order chi connectivity index (χ1) is 6.70. The van der Waals surface area contributed by atoms with Gasteiger partial charge in [0.25, 0.3) is 0 Å². The summed E-state index contributed by atoms with van der Waals surface area (Å²) in [7, 11) is 1.86. The molecule has 1 aromatic heterocycles. The molecule has 2 N–H and O–H groups in total. The zero-order valence-electron chi connectivity index (χ0n) is 8.77. The van der Waals surface area contributed by atoms with Gasteiger partial charge in [-0.1, -0.05) is 30.3 Å². The van der Waals surface area contributed by atoms with Gasteiger partial charge in [-0.05, 0) is 6.92 Å². The quantitative estimate of drug-likeness (QED) is 0.807. The zero-order valence-corrected chi connectivity index (χ0v) is 9.58. The summed E-state index contributed by atoms with van der Waals surface area (Å²) in [5.74, 6) is 0.726. The number of halogens is 1. The van der Waals surface area contributed by atoms with E-state index in [0.717, 1.165) is 22.6 Å². The smallest absolute Gasteiger partial charge is 0.124 e. The molecule has 0 amide bonds. The Balaban J connectivity index is 0.00000112. The maximum atomic E-state index is 5.84. The summed E-state index contributed by atoms with van der Waals surface area (Å²) in [4.78, 5) is 0. The van der Waals surface area contributed by atoms with Crippen molar-refractivity contribution in [2.75, 3.05) is 5.73 Å². The second kappa shape index (κ2) is 4.36. The van der Waals surface area contributed by atoms with E-state index in [9.17, 15) is 0 Å². The molecule has 1 heterocycles. The highest BCUT2D eigenvalue weighted by Crippen LogP contribution is 2.24. The lowest BCUT2D eigenvalue weighted by Gasteiger charge is -1.96. The Hall–Kier alpha value is -1.48. The molecule has 0 saturated carbocycles. The molecular formula is C11H14ClN3. The number of hydrogen-bond acceptors (Lipinski definition) is 2. The minimum absolute atomic E-state index is 0. The van der Waals surface area contributed by atoms with Crippen molar-refractivity contribution in [1.82, 2.24) is 9.78 Å². The summed E-state index contributed by atoms with van der Waals surface area (Å²) in [5, 5.41) is 4.37. The fourth-order valence-electron chi connectivity index (χ4n) is 1.51. The van der Waals surface area contributed by atoms with Gasteiger partial charge in [0.05, 0.1) is 5.69 Å². The third kappa shape index (κ3) is 1.97. The lowest BCUT2D eigenvalue weighted by Crippen LogP contribution is -1.97. The predicted molar refractivity (Wildman–Crippen MR) is 65.0 cm³/mol. The largest absolute Gasteiger partial charge is 0.384 e. The highest BCUT2D eigenvalue weighted by molar-refractivity contribution is 5.85. The molecular weight excluding hydrogens is 210 g/mol. The van der Waals surface area contributed by atoms with Gasteiger partial charge in [-0.3, -0.25) is 4.68 Å². The molecule has 0 radical (unpaired) electrons. The molecule has 15 heavy (non-hydrogen) atoms.